The number of nitrogens with two attached hydrogens (primary N) is 1. The van der Waals surface area contributed by atoms with Gasteiger partial charge in [0.05, 0.1) is 10.6 Å². The number of rotatable bonds is 5. The minimum atomic E-state index is -0.0350. The zero-order valence-electron chi connectivity index (χ0n) is 16.4. The summed E-state index contributed by atoms with van der Waals surface area (Å²) in [6, 6.07) is 16.2. The summed E-state index contributed by atoms with van der Waals surface area (Å²) >= 11 is 1.71. The first kappa shape index (κ1) is 19.1. The molecule has 2 heterocycles. The van der Waals surface area contributed by atoms with Gasteiger partial charge in [0.25, 0.3) is 5.91 Å². The molecule has 4 rings (SSSR count). The van der Waals surface area contributed by atoms with Crippen LogP contribution in [0.4, 0.5) is 5.95 Å². The van der Waals surface area contributed by atoms with Crippen LogP contribution in [0.5, 0.6) is 0 Å². The summed E-state index contributed by atoms with van der Waals surface area (Å²) in [4.78, 5) is 21.6. The van der Waals surface area contributed by atoms with Crippen molar-refractivity contribution in [2.75, 3.05) is 12.3 Å². The Morgan fingerprint density at radius 2 is 1.97 bits per heavy atom. The predicted octanol–water partition coefficient (Wildman–Crippen LogP) is 4.59. The van der Waals surface area contributed by atoms with E-state index in [1.807, 2.05) is 31.2 Å². The van der Waals surface area contributed by atoms with E-state index in [0.29, 0.717) is 12.1 Å². The molecule has 0 unspecified atom stereocenters. The maximum Gasteiger partial charge on any atom is 0.251 e. The molecular formula is C23H22N4OS. The lowest BCUT2D eigenvalue weighted by Gasteiger charge is -2.06. The third-order valence-electron chi connectivity index (χ3n) is 4.84. The molecule has 0 saturated heterocycles. The zero-order chi connectivity index (χ0) is 20.4. The number of hydrogen-bond donors (Lipinski definition) is 2. The highest BCUT2D eigenvalue weighted by Crippen LogP contribution is 2.38. The predicted molar refractivity (Wildman–Crippen MR) is 119 cm³/mol. The second-order valence-corrected chi connectivity index (χ2v) is 7.98. The molecule has 0 bridgehead atoms. The number of carbonyl (C=O) groups is 1. The Morgan fingerprint density at radius 1 is 1.14 bits per heavy atom. The first-order valence-corrected chi connectivity index (χ1v) is 10.3. The third-order valence-corrected chi connectivity index (χ3v) is 6.14. The lowest BCUT2D eigenvalue weighted by Crippen LogP contribution is -2.22. The second kappa shape index (κ2) is 8.01. The van der Waals surface area contributed by atoms with Crippen molar-refractivity contribution in [3.05, 3.63) is 77.0 Å². The molecule has 1 amide bonds. The molecule has 0 spiro atoms. The van der Waals surface area contributed by atoms with Crippen molar-refractivity contribution in [3.63, 3.8) is 0 Å². The van der Waals surface area contributed by atoms with E-state index >= 15 is 0 Å². The van der Waals surface area contributed by atoms with E-state index in [1.54, 1.807) is 17.5 Å². The fraction of sp³-hybridized carbons (Fsp3) is 0.174. The molecule has 0 radical (unpaired) electrons. The van der Waals surface area contributed by atoms with Crippen LogP contribution in [-0.2, 0) is 6.42 Å². The minimum absolute atomic E-state index is 0.0350. The van der Waals surface area contributed by atoms with Gasteiger partial charge in [-0.05, 0) is 72.7 Å². The van der Waals surface area contributed by atoms with Crippen LogP contribution in [0.25, 0.3) is 20.7 Å². The summed E-state index contributed by atoms with van der Waals surface area (Å²) in [5.41, 5.74) is 10.8. The molecule has 4 aromatic rings. The number of aryl methyl sites for hydroxylation is 1. The van der Waals surface area contributed by atoms with Crippen LogP contribution in [0.1, 0.15) is 34.0 Å². The van der Waals surface area contributed by atoms with Crippen molar-refractivity contribution < 1.29 is 4.79 Å². The molecule has 29 heavy (non-hydrogen) atoms. The third kappa shape index (κ3) is 3.98. The number of aromatic nitrogens is 2. The molecule has 6 heteroatoms. The highest BCUT2D eigenvalue weighted by Gasteiger charge is 2.13. The maximum absolute atomic E-state index is 12.1. The first-order valence-electron chi connectivity index (χ1n) is 9.53. The molecule has 0 saturated carbocycles. The number of benzene rings is 2. The number of carbonyl (C=O) groups excluding carboxylic acids is 1. The Kier molecular flexibility index (Phi) is 5.27. The number of anilines is 1. The van der Waals surface area contributed by atoms with Gasteiger partial charge in [0.15, 0.2) is 0 Å². The van der Waals surface area contributed by atoms with Crippen LogP contribution in [-0.4, -0.2) is 22.4 Å². The SMILES string of the molecule is CCNC(=O)c1cccc(Cc2ccc3sc(-c4ccnc(N)n4)c(C)c3c2)c1. The Morgan fingerprint density at radius 3 is 2.76 bits per heavy atom. The standard InChI is InChI=1S/C23H22N4OS/c1-3-25-22(28)17-6-4-5-15(12-17)11-16-7-8-20-18(13-16)14(2)21(29-20)19-9-10-26-23(24)27-19/h4-10,12-13H,3,11H2,1-2H3,(H,25,28)(H2,24,26,27). The van der Waals surface area contributed by atoms with Crippen LogP contribution >= 0.6 is 11.3 Å². The summed E-state index contributed by atoms with van der Waals surface area (Å²) in [5.74, 6) is 0.249. The van der Waals surface area contributed by atoms with Gasteiger partial charge < -0.3 is 11.1 Å². The largest absolute Gasteiger partial charge is 0.368 e. The zero-order valence-corrected chi connectivity index (χ0v) is 17.2. The van der Waals surface area contributed by atoms with E-state index < -0.39 is 0 Å². The summed E-state index contributed by atoms with van der Waals surface area (Å²) < 4.78 is 1.22. The van der Waals surface area contributed by atoms with E-state index in [4.69, 9.17) is 5.73 Å². The number of fused-ring (bicyclic) bond motifs is 1. The minimum Gasteiger partial charge on any atom is -0.368 e. The topological polar surface area (TPSA) is 80.9 Å². The molecule has 0 aliphatic rings. The van der Waals surface area contributed by atoms with E-state index in [1.165, 1.54) is 21.2 Å². The van der Waals surface area contributed by atoms with Gasteiger partial charge >= 0.3 is 0 Å². The average molecular weight is 403 g/mol. The van der Waals surface area contributed by atoms with Crippen molar-refractivity contribution in [1.29, 1.82) is 0 Å². The Bertz CT molecular complexity index is 1200. The lowest BCUT2D eigenvalue weighted by atomic mass is 10.0. The Hall–Kier alpha value is -3.25. The van der Waals surface area contributed by atoms with Crippen molar-refractivity contribution in [1.82, 2.24) is 15.3 Å². The van der Waals surface area contributed by atoms with Crippen LogP contribution in [0.3, 0.4) is 0 Å². The van der Waals surface area contributed by atoms with Gasteiger partial charge in [-0.3, -0.25) is 4.79 Å². The molecule has 0 atom stereocenters. The highest BCUT2D eigenvalue weighted by atomic mass is 32.1. The van der Waals surface area contributed by atoms with Crippen LogP contribution in [0, 0.1) is 6.92 Å². The molecular weight excluding hydrogens is 380 g/mol. The van der Waals surface area contributed by atoms with Gasteiger partial charge in [0.1, 0.15) is 0 Å². The second-order valence-electron chi connectivity index (χ2n) is 6.92. The van der Waals surface area contributed by atoms with Gasteiger partial charge in [-0.1, -0.05) is 18.2 Å². The number of amides is 1. The van der Waals surface area contributed by atoms with Crippen molar-refractivity contribution >= 4 is 33.3 Å². The number of nitrogen functional groups attached to an aromatic ring is 1. The van der Waals surface area contributed by atoms with E-state index in [2.05, 4.69) is 46.5 Å². The summed E-state index contributed by atoms with van der Waals surface area (Å²) in [5, 5.41) is 4.07. The number of hydrogen-bond acceptors (Lipinski definition) is 5. The molecule has 5 nitrogen and oxygen atoms in total. The molecule has 0 aliphatic carbocycles. The number of nitrogens with one attached hydrogen (secondary N) is 1. The van der Waals surface area contributed by atoms with Crippen molar-refractivity contribution in [2.24, 2.45) is 0 Å². The van der Waals surface area contributed by atoms with E-state index in [9.17, 15) is 4.79 Å². The van der Waals surface area contributed by atoms with Gasteiger partial charge in [-0.25, -0.2) is 9.97 Å². The van der Waals surface area contributed by atoms with Gasteiger partial charge in [0.2, 0.25) is 5.95 Å². The van der Waals surface area contributed by atoms with Crippen LogP contribution < -0.4 is 11.1 Å². The highest BCUT2D eigenvalue weighted by molar-refractivity contribution is 7.22. The fourth-order valence-electron chi connectivity index (χ4n) is 3.44. The van der Waals surface area contributed by atoms with E-state index in [-0.39, 0.29) is 11.9 Å². The van der Waals surface area contributed by atoms with Gasteiger partial charge in [-0.2, -0.15) is 0 Å². The normalized spacial score (nSPS) is 11.0. The quantitative estimate of drug-likeness (QED) is 0.512. The van der Waals surface area contributed by atoms with Crippen molar-refractivity contribution in [2.45, 2.75) is 20.3 Å². The average Bonchev–Trinajstić information content (AvgIpc) is 3.05. The molecule has 2 aromatic carbocycles. The van der Waals surface area contributed by atoms with Gasteiger partial charge in [-0.15, -0.1) is 11.3 Å². The maximum atomic E-state index is 12.1. The molecule has 2 aromatic heterocycles. The summed E-state index contributed by atoms with van der Waals surface area (Å²) in [6.45, 7) is 4.66. The smallest absolute Gasteiger partial charge is 0.251 e. The molecule has 146 valence electrons. The molecule has 0 aliphatic heterocycles. The molecule has 3 N–H and O–H groups in total. The molecule has 0 fully saturated rings. The summed E-state index contributed by atoms with van der Waals surface area (Å²) in [7, 11) is 0. The number of nitrogens with zero attached hydrogens (tertiary/aromatic N) is 2. The van der Waals surface area contributed by atoms with Gasteiger partial charge in [0, 0.05) is 23.0 Å². The van der Waals surface area contributed by atoms with Crippen molar-refractivity contribution in [3.8, 4) is 10.6 Å². The summed E-state index contributed by atoms with van der Waals surface area (Å²) in [6.07, 6.45) is 2.46. The van der Waals surface area contributed by atoms with E-state index in [0.717, 1.165) is 22.6 Å². The lowest BCUT2D eigenvalue weighted by molar-refractivity contribution is 0.0955. The Labute approximate surface area is 173 Å². The number of thiophene rings is 1. The Balaban J connectivity index is 1.65. The van der Waals surface area contributed by atoms with Crippen LogP contribution in [0.2, 0.25) is 0 Å². The van der Waals surface area contributed by atoms with Crippen LogP contribution in [0.15, 0.2) is 54.7 Å². The monoisotopic (exact) mass is 402 g/mol. The fourth-order valence-corrected chi connectivity index (χ4v) is 4.60. The first-order chi connectivity index (χ1) is 14.0.